The molecule has 346 valence electrons. The maximum atomic E-state index is 16.1. The first-order valence-electron chi connectivity index (χ1n) is 21.6. The lowest BCUT2D eigenvalue weighted by Crippen LogP contribution is -2.83. The minimum Gasteiger partial charge on any atom is -0.458 e. The van der Waals surface area contributed by atoms with Gasteiger partial charge in [-0.25, -0.2) is 14.4 Å². The zero-order valence-corrected chi connectivity index (χ0v) is 37.4. The molecule has 2 saturated heterocycles. The maximum Gasteiger partial charge on any atom is 0.509 e. The molecule has 2 saturated carbocycles. The van der Waals surface area contributed by atoms with Crippen LogP contribution in [0.1, 0.15) is 76.4 Å². The third kappa shape index (κ3) is 7.64. The average molecular weight is 907 g/mol. The van der Waals surface area contributed by atoms with Gasteiger partial charge < -0.3 is 42.6 Å². The summed E-state index contributed by atoms with van der Waals surface area (Å²) in [6.07, 6.45) is -7.12. The number of fused-ring (bicyclic) bond motifs is 4. The fourth-order valence-electron chi connectivity index (χ4n) is 10.9. The van der Waals surface area contributed by atoms with E-state index in [0.717, 1.165) is 13.0 Å². The van der Waals surface area contributed by atoms with Crippen molar-refractivity contribution in [3.63, 3.8) is 0 Å². The summed E-state index contributed by atoms with van der Waals surface area (Å²) < 4.78 is 55.6. The molecule has 0 radical (unpaired) electrons. The molecule has 16 nitrogen and oxygen atoms in total. The minimum absolute atomic E-state index is 0.142. The Morgan fingerprint density at radius 1 is 0.803 bits per heavy atom. The summed E-state index contributed by atoms with van der Waals surface area (Å²) in [6.45, 7) is 9.61. The fourth-order valence-corrected chi connectivity index (χ4v) is 10.9. The van der Waals surface area contributed by atoms with Crippen molar-refractivity contribution in [3.8, 4) is 5.75 Å². The summed E-state index contributed by atoms with van der Waals surface area (Å²) >= 11 is 0. The molecule has 2 bridgehead atoms. The van der Waals surface area contributed by atoms with Gasteiger partial charge in [-0.15, -0.1) is 0 Å². The number of Topliss-reactive ketones (excluding diaryl/α,β-unsaturated/α-hetero) is 1. The minimum atomic E-state index is -2.03. The third-order valence-corrected chi connectivity index (χ3v) is 13.7. The summed E-state index contributed by atoms with van der Waals surface area (Å²) in [7, 11) is 0. The van der Waals surface area contributed by atoms with Gasteiger partial charge in [0.25, 0.3) is 0 Å². The van der Waals surface area contributed by atoms with Crippen LogP contribution in [0.4, 0.5) is 4.79 Å². The molecule has 10 atom stereocenters. The molecule has 2 aliphatic heterocycles. The van der Waals surface area contributed by atoms with Gasteiger partial charge in [-0.1, -0.05) is 74.5 Å². The molecule has 2 heterocycles. The van der Waals surface area contributed by atoms with Crippen LogP contribution < -0.4 is 4.74 Å². The van der Waals surface area contributed by atoms with E-state index in [1.54, 1.807) is 99.6 Å². The Morgan fingerprint density at radius 3 is 2.06 bits per heavy atom. The highest BCUT2D eigenvalue weighted by Gasteiger charge is 2.83. The Balaban J connectivity index is 1.26. The van der Waals surface area contributed by atoms with Crippen LogP contribution >= 0.6 is 0 Å². The van der Waals surface area contributed by atoms with Crippen LogP contribution in [-0.2, 0) is 68.5 Å². The first-order chi connectivity index (χ1) is 31.3. The van der Waals surface area contributed by atoms with Crippen LogP contribution in [0.3, 0.4) is 0 Å². The zero-order chi connectivity index (χ0) is 47.3. The van der Waals surface area contributed by atoms with Crippen LogP contribution in [0.25, 0.3) is 6.08 Å². The SMILES string of the molecule is CC(=O)O[C@H]1C(=O)[C@]2(C)[C@@H](OC(=O)/C=C/c3ccc(OC(=O)c4ccccc4)cc3)C[C@H]3OC[C@@]3(OC(C)=O)[C@H]2[C@H](OCc2ccccc2)[C@]23OC(=O)O[C@H]2[C@H](OC(C)=O)C(C)=C1C3(C)C. The molecule has 0 amide bonds. The molecule has 4 fully saturated rings. The standard InChI is InChI=1S/C50H50O16/c1-27-38-40(61-29(3)52)42(55)48(7)35(63-37(54)23-20-31-18-21-34(22-19-31)62-45(56)33-16-12-9-13-17-33)24-36-49(26-59-36,65-30(4)53)41(48)44(58-25-32-14-10-8-11-15-32)50(47(38,5)6)43(64-46(57)66-50)39(27)60-28(2)51/h8-23,35-36,39-41,43-44H,24-26H2,1-7H3/b23-20+/t35-,36+,39+,40+,41-,43-,44-,48+,49-,50+/m0/s1. The van der Waals surface area contributed by atoms with E-state index in [0.29, 0.717) is 16.7 Å². The second-order valence-electron chi connectivity index (χ2n) is 17.9. The van der Waals surface area contributed by atoms with Crippen LogP contribution in [0, 0.1) is 16.7 Å². The van der Waals surface area contributed by atoms with E-state index in [1.807, 2.05) is 6.07 Å². The molecule has 1 spiro atoms. The molecule has 0 aromatic heterocycles. The quantitative estimate of drug-likeness (QED) is 0.0689. The average Bonchev–Trinajstić information content (AvgIpc) is 3.63. The van der Waals surface area contributed by atoms with E-state index in [9.17, 15) is 28.8 Å². The molecule has 3 aromatic rings. The number of esters is 5. The largest absolute Gasteiger partial charge is 0.509 e. The summed E-state index contributed by atoms with van der Waals surface area (Å²) in [4.78, 5) is 95.9. The van der Waals surface area contributed by atoms with Gasteiger partial charge in [-0.05, 0) is 66.5 Å². The van der Waals surface area contributed by atoms with Crippen molar-refractivity contribution in [1.29, 1.82) is 0 Å². The Hall–Kier alpha value is -6.65. The highest BCUT2D eigenvalue weighted by Crippen LogP contribution is 2.67. The summed E-state index contributed by atoms with van der Waals surface area (Å²) in [6, 6.07) is 23.9. The highest BCUT2D eigenvalue weighted by atomic mass is 16.8. The Kier molecular flexibility index (Phi) is 12.0. The van der Waals surface area contributed by atoms with Gasteiger partial charge in [-0.2, -0.15) is 0 Å². The van der Waals surface area contributed by atoms with Crippen molar-refractivity contribution in [2.24, 2.45) is 16.7 Å². The Labute approximate surface area is 380 Å². The van der Waals surface area contributed by atoms with Gasteiger partial charge in [-0.3, -0.25) is 19.2 Å². The Morgan fingerprint density at radius 2 is 1.45 bits per heavy atom. The van der Waals surface area contributed by atoms with Crippen molar-refractivity contribution in [2.45, 2.75) is 109 Å². The molecule has 0 unspecified atom stereocenters. The predicted molar refractivity (Wildman–Crippen MR) is 229 cm³/mol. The van der Waals surface area contributed by atoms with Crippen molar-refractivity contribution in [1.82, 2.24) is 0 Å². The topological polar surface area (TPSA) is 203 Å². The third-order valence-electron chi connectivity index (χ3n) is 13.7. The molecule has 16 heteroatoms. The van der Waals surface area contributed by atoms with Gasteiger partial charge in [0.15, 0.2) is 35.3 Å². The number of hydrogen-bond acceptors (Lipinski definition) is 16. The van der Waals surface area contributed by atoms with Gasteiger partial charge >= 0.3 is 36.0 Å². The second kappa shape index (κ2) is 17.3. The first-order valence-corrected chi connectivity index (χ1v) is 21.6. The molecule has 66 heavy (non-hydrogen) atoms. The Bertz CT molecular complexity index is 2510. The van der Waals surface area contributed by atoms with E-state index in [2.05, 4.69) is 0 Å². The molecular weight excluding hydrogens is 857 g/mol. The van der Waals surface area contributed by atoms with E-state index in [4.69, 9.17) is 42.6 Å². The predicted octanol–water partition coefficient (Wildman–Crippen LogP) is 6.22. The number of ketones is 1. The zero-order valence-electron chi connectivity index (χ0n) is 37.4. The lowest BCUT2D eigenvalue weighted by Gasteiger charge is -2.67. The number of benzene rings is 3. The summed E-state index contributed by atoms with van der Waals surface area (Å²) in [5, 5.41) is 0. The summed E-state index contributed by atoms with van der Waals surface area (Å²) in [5.74, 6) is -5.64. The first kappa shape index (κ1) is 45.9. The highest BCUT2D eigenvalue weighted by molar-refractivity contribution is 5.96. The normalized spacial score (nSPS) is 31.5. The van der Waals surface area contributed by atoms with Crippen LogP contribution in [-0.4, -0.2) is 96.2 Å². The molecule has 3 aromatic carbocycles. The molecule has 3 aliphatic carbocycles. The molecular formula is C50H50O16. The van der Waals surface area contributed by atoms with E-state index < -0.39 is 106 Å². The van der Waals surface area contributed by atoms with Crippen molar-refractivity contribution in [3.05, 3.63) is 119 Å². The van der Waals surface area contributed by atoms with E-state index in [-0.39, 0.29) is 36.5 Å². The van der Waals surface area contributed by atoms with Gasteiger partial charge in [0.05, 0.1) is 30.1 Å². The smallest absolute Gasteiger partial charge is 0.458 e. The van der Waals surface area contributed by atoms with Crippen molar-refractivity contribution < 1.29 is 76.2 Å². The van der Waals surface area contributed by atoms with Crippen LogP contribution in [0.15, 0.2) is 102 Å². The van der Waals surface area contributed by atoms with Crippen LogP contribution in [0.5, 0.6) is 5.75 Å². The monoisotopic (exact) mass is 906 g/mol. The van der Waals surface area contributed by atoms with Gasteiger partial charge in [0.2, 0.25) is 0 Å². The number of carbonyl (C=O) groups excluding carboxylic acids is 7. The van der Waals surface area contributed by atoms with Crippen molar-refractivity contribution in [2.75, 3.05) is 6.61 Å². The molecule has 5 aliphatic rings. The number of ether oxygens (including phenoxy) is 9. The van der Waals surface area contributed by atoms with Gasteiger partial charge in [0, 0.05) is 38.7 Å². The van der Waals surface area contributed by atoms with Crippen LogP contribution in [0.2, 0.25) is 0 Å². The maximum absolute atomic E-state index is 16.1. The number of hydrogen-bond donors (Lipinski definition) is 0. The van der Waals surface area contributed by atoms with E-state index in [1.165, 1.54) is 26.8 Å². The molecule has 8 rings (SSSR count). The number of carbonyl (C=O) groups is 7. The second-order valence-corrected chi connectivity index (χ2v) is 17.9. The van der Waals surface area contributed by atoms with Gasteiger partial charge in [0.1, 0.15) is 24.1 Å². The van der Waals surface area contributed by atoms with E-state index >= 15 is 4.79 Å². The lowest BCUT2D eigenvalue weighted by molar-refractivity contribution is -0.351. The lowest BCUT2D eigenvalue weighted by atomic mass is 9.44. The van der Waals surface area contributed by atoms with Crippen molar-refractivity contribution >= 4 is 47.9 Å². The summed E-state index contributed by atoms with van der Waals surface area (Å²) in [5.41, 5.74) is -5.26. The number of rotatable bonds is 11. The molecule has 0 N–H and O–H groups in total. The fraction of sp³-hybridized carbons (Fsp3) is 0.420.